The smallest absolute Gasteiger partial charge is 0.438 e. The molecular formula is C6H7NO5. The van der Waals surface area contributed by atoms with E-state index in [4.69, 9.17) is 0 Å². The van der Waals surface area contributed by atoms with Crippen LogP contribution in [0.4, 0.5) is 4.79 Å². The van der Waals surface area contributed by atoms with Gasteiger partial charge in [-0.3, -0.25) is 14.9 Å². The minimum atomic E-state index is -1.04. The molecule has 1 unspecified atom stereocenters. The van der Waals surface area contributed by atoms with Crippen molar-refractivity contribution < 1.29 is 23.9 Å². The quantitative estimate of drug-likeness (QED) is 0.414. The lowest BCUT2D eigenvalue weighted by Crippen LogP contribution is -2.28. The molecule has 6 nitrogen and oxygen atoms in total. The van der Waals surface area contributed by atoms with Crippen LogP contribution in [0, 0.1) is 0 Å². The van der Waals surface area contributed by atoms with E-state index in [-0.39, 0.29) is 6.42 Å². The third kappa shape index (κ3) is 1.71. The number of imide groups is 1. The van der Waals surface area contributed by atoms with Gasteiger partial charge in [-0.2, -0.15) is 0 Å². The summed E-state index contributed by atoms with van der Waals surface area (Å²) in [5, 5.41) is 1.99. The molecule has 1 heterocycles. The number of ether oxygens (including phenoxy) is 2. The molecule has 0 aromatic heterocycles. The molecule has 1 N–H and O–H groups in total. The van der Waals surface area contributed by atoms with Crippen molar-refractivity contribution >= 4 is 18.0 Å². The number of amides is 2. The number of hydrogen-bond acceptors (Lipinski definition) is 5. The average molecular weight is 173 g/mol. The molecule has 0 saturated carbocycles. The summed E-state index contributed by atoms with van der Waals surface area (Å²) in [7, 11) is 1.12. The molecule has 0 aromatic rings. The predicted molar refractivity (Wildman–Crippen MR) is 35.0 cm³/mol. The molecule has 1 aliphatic heterocycles. The standard InChI is InChI=1S/C6H7NO5/c1-11-6(10)12-3-2-4(8)7-5(3)9/h3H,2H2,1H3,(H,7,8,9). The molecule has 0 aliphatic carbocycles. The van der Waals surface area contributed by atoms with Crippen LogP contribution in [0.25, 0.3) is 0 Å². The second-order valence-corrected chi connectivity index (χ2v) is 2.18. The molecule has 1 fully saturated rings. The Labute approximate surface area is 67.8 Å². The maximum absolute atomic E-state index is 10.8. The van der Waals surface area contributed by atoms with E-state index in [1.54, 1.807) is 0 Å². The Kier molecular flexibility index (Phi) is 2.27. The van der Waals surface area contributed by atoms with Crippen molar-refractivity contribution in [2.75, 3.05) is 7.11 Å². The molecule has 66 valence electrons. The molecule has 0 bridgehead atoms. The highest BCUT2D eigenvalue weighted by atomic mass is 16.7. The van der Waals surface area contributed by atoms with Crippen LogP contribution in [0.5, 0.6) is 0 Å². The number of hydrogen-bond donors (Lipinski definition) is 1. The van der Waals surface area contributed by atoms with Gasteiger partial charge < -0.3 is 9.47 Å². The van der Waals surface area contributed by atoms with Crippen molar-refractivity contribution in [1.29, 1.82) is 0 Å². The monoisotopic (exact) mass is 173 g/mol. The molecule has 1 rings (SSSR count). The average Bonchev–Trinajstić information content (AvgIpc) is 2.30. The molecule has 12 heavy (non-hydrogen) atoms. The van der Waals surface area contributed by atoms with Gasteiger partial charge in [-0.1, -0.05) is 0 Å². The van der Waals surface area contributed by atoms with Crippen molar-refractivity contribution in [2.45, 2.75) is 12.5 Å². The molecule has 0 spiro atoms. The first-order valence-electron chi connectivity index (χ1n) is 3.22. The number of carbonyl (C=O) groups excluding carboxylic acids is 3. The summed E-state index contributed by atoms with van der Waals surface area (Å²) in [5.41, 5.74) is 0. The normalized spacial score (nSPS) is 21.9. The minimum Gasteiger partial charge on any atom is -0.438 e. The largest absolute Gasteiger partial charge is 0.508 e. The zero-order valence-electron chi connectivity index (χ0n) is 6.33. The first-order chi connectivity index (χ1) is 5.63. The third-order valence-electron chi connectivity index (χ3n) is 1.33. The summed E-state index contributed by atoms with van der Waals surface area (Å²) in [6, 6.07) is 0. The summed E-state index contributed by atoms with van der Waals surface area (Å²) < 4.78 is 8.59. The van der Waals surface area contributed by atoms with E-state index in [0.29, 0.717) is 0 Å². The highest BCUT2D eigenvalue weighted by Crippen LogP contribution is 2.06. The first-order valence-corrected chi connectivity index (χ1v) is 3.22. The number of methoxy groups -OCH3 is 1. The summed E-state index contributed by atoms with van der Waals surface area (Å²) in [6.45, 7) is 0. The fourth-order valence-corrected chi connectivity index (χ4v) is 0.789. The number of carbonyl (C=O) groups is 3. The van der Waals surface area contributed by atoms with Crippen LogP contribution in [0.3, 0.4) is 0 Å². The van der Waals surface area contributed by atoms with Gasteiger partial charge in [0.25, 0.3) is 5.91 Å². The highest BCUT2D eigenvalue weighted by Gasteiger charge is 2.33. The van der Waals surface area contributed by atoms with Crippen molar-refractivity contribution in [1.82, 2.24) is 5.32 Å². The maximum atomic E-state index is 10.8. The Bertz CT molecular complexity index is 236. The molecule has 0 aromatic carbocycles. The van der Waals surface area contributed by atoms with Crippen molar-refractivity contribution in [3.05, 3.63) is 0 Å². The fraction of sp³-hybridized carbons (Fsp3) is 0.500. The van der Waals surface area contributed by atoms with Gasteiger partial charge in [-0.25, -0.2) is 4.79 Å². The molecule has 1 aliphatic rings. The lowest BCUT2D eigenvalue weighted by Gasteiger charge is -2.05. The molecule has 1 saturated heterocycles. The number of nitrogens with one attached hydrogen (secondary N) is 1. The Balaban J connectivity index is 2.48. The van der Waals surface area contributed by atoms with Crippen LogP contribution in [-0.4, -0.2) is 31.2 Å². The summed E-state index contributed by atoms with van der Waals surface area (Å²) in [4.78, 5) is 31.8. The summed E-state index contributed by atoms with van der Waals surface area (Å²) in [5.74, 6) is -1.06. The van der Waals surface area contributed by atoms with Crippen LogP contribution in [0.1, 0.15) is 6.42 Å². The van der Waals surface area contributed by atoms with Gasteiger partial charge in [0.2, 0.25) is 5.91 Å². The molecular weight excluding hydrogens is 166 g/mol. The summed E-state index contributed by atoms with van der Waals surface area (Å²) in [6.07, 6.45) is -2.14. The van der Waals surface area contributed by atoms with E-state index < -0.39 is 24.1 Å². The van der Waals surface area contributed by atoms with Crippen molar-refractivity contribution in [3.8, 4) is 0 Å². The maximum Gasteiger partial charge on any atom is 0.508 e. The third-order valence-corrected chi connectivity index (χ3v) is 1.33. The Morgan fingerprint density at radius 2 is 2.25 bits per heavy atom. The lowest BCUT2D eigenvalue weighted by atomic mass is 10.3. The van der Waals surface area contributed by atoms with Gasteiger partial charge in [0.15, 0.2) is 6.10 Å². The van der Waals surface area contributed by atoms with E-state index in [1.807, 2.05) is 5.32 Å². The Hall–Kier alpha value is -1.59. The van der Waals surface area contributed by atoms with E-state index in [1.165, 1.54) is 0 Å². The van der Waals surface area contributed by atoms with Crippen LogP contribution in [0.2, 0.25) is 0 Å². The van der Waals surface area contributed by atoms with Crippen LogP contribution in [-0.2, 0) is 19.1 Å². The molecule has 2 amide bonds. The van der Waals surface area contributed by atoms with Gasteiger partial charge >= 0.3 is 6.16 Å². The van der Waals surface area contributed by atoms with Gasteiger partial charge in [0.1, 0.15) is 0 Å². The fourth-order valence-electron chi connectivity index (χ4n) is 0.789. The molecule has 0 radical (unpaired) electrons. The Morgan fingerprint density at radius 1 is 1.58 bits per heavy atom. The van der Waals surface area contributed by atoms with Gasteiger partial charge in [-0.05, 0) is 0 Å². The van der Waals surface area contributed by atoms with Crippen molar-refractivity contribution in [2.24, 2.45) is 0 Å². The van der Waals surface area contributed by atoms with E-state index >= 15 is 0 Å². The van der Waals surface area contributed by atoms with E-state index in [9.17, 15) is 14.4 Å². The van der Waals surface area contributed by atoms with Gasteiger partial charge in [-0.15, -0.1) is 0 Å². The van der Waals surface area contributed by atoms with E-state index in [2.05, 4.69) is 9.47 Å². The SMILES string of the molecule is COC(=O)OC1CC(=O)NC1=O. The topological polar surface area (TPSA) is 81.7 Å². The molecule has 1 atom stereocenters. The second kappa shape index (κ2) is 3.21. The minimum absolute atomic E-state index is 0.131. The van der Waals surface area contributed by atoms with E-state index in [0.717, 1.165) is 7.11 Å². The molecule has 6 heteroatoms. The predicted octanol–water partition coefficient (Wildman–Crippen LogP) is -0.816. The van der Waals surface area contributed by atoms with Crippen molar-refractivity contribution in [3.63, 3.8) is 0 Å². The lowest BCUT2D eigenvalue weighted by molar-refractivity contribution is -0.128. The van der Waals surface area contributed by atoms with Gasteiger partial charge in [0, 0.05) is 0 Å². The zero-order chi connectivity index (χ0) is 9.14. The number of rotatable bonds is 1. The van der Waals surface area contributed by atoms with Crippen LogP contribution >= 0.6 is 0 Å². The van der Waals surface area contributed by atoms with Crippen LogP contribution < -0.4 is 5.32 Å². The Morgan fingerprint density at radius 3 is 2.67 bits per heavy atom. The summed E-state index contributed by atoms with van der Waals surface area (Å²) >= 11 is 0. The highest BCUT2D eigenvalue weighted by molar-refractivity contribution is 6.05. The van der Waals surface area contributed by atoms with Gasteiger partial charge in [0.05, 0.1) is 13.5 Å². The van der Waals surface area contributed by atoms with Crippen LogP contribution in [0.15, 0.2) is 0 Å². The second-order valence-electron chi connectivity index (χ2n) is 2.18. The zero-order valence-corrected chi connectivity index (χ0v) is 6.33. The first kappa shape index (κ1) is 8.51.